The number of nitrogens with one attached hydrogen (secondary N) is 1. The number of furan rings is 1. The fraction of sp³-hybridized carbons (Fsp3) is 0.286. The zero-order valence-corrected chi connectivity index (χ0v) is 15.2. The zero-order chi connectivity index (χ0) is 18.8. The molecule has 140 valence electrons. The van der Waals surface area contributed by atoms with E-state index in [0.717, 1.165) is 37.4 Å². The Morgan fingerprint density at radius 3 is 2.81 bits per heavy atom. The molecule has 1 aromatic carbocycles. The number of carbonyl (C=O) groups is 1. The van der Waals surface area contributed by atoms with Crippen molar-refractivity contribution in [3.05, 3.63) is 82.8 Å². The Labute approximate surface area is 157 Å². The first-order valence-corrected chi connectivity index (χ1v) is 9.05. The number of rotatable bonds is 5. The summed E-state index contributed by atoms with van der Waals surface area (Å²) in [5.41, 5.74) is 4.13. The lowest BCUT2D eigenvalue weighted by Gasteiger charge is -2.27. The molecule has 0 aliphatic carbocycles. The zero-order valence-electron chi connectivity index (χ0n) is 15.2. The summed E-state index contributed by atoms with van der Waals surface area (Å²) in [7, 11) is 1.94. The molecule has 0 saturated carbocycles. The maximum Gasteiger partial charge on any atom is 0.268 e. The highest BCUT2D eigenvalue weighted by molar-refractivity contribution is 5.93. The molecular formula is C21H22FN3O2. The summed E-state index contributed by atoms with van der Waals surface area (Å²) in [5.74, 6) is 0.411. The minimum atomic E-state index is -0.215. The highest BCUT2D eigenvalue weighted by Crippen LogP contribution is 2.24. The van der Waals surface area contributed by atoms with E-state index in [1.54, 1.807) is 12.3 Å². The molecule has 0 unspecified atom stereocenters. The van der Waals surface area contributed by atoms with Gasteiger partial charge in [-0.05, 0) is 41.5 Å². The van der Waals surface area contributed by atoms with Crippen molar-refractivity contribution in [1.82, 2.24) is 14.8 Å². The fourth-order valence-corrected chi connectivity index (χ4v) is 3.63. The third kappa shape index (κ3) is 3.80. The molecule has 1 aliphatic rings. The standard InChI is InChI=1S/C21H22FN3O2/c1-24-19-8-9-25(13-15-4-6-17(22)7-5-15)14-16(19)11-20(24)21(26)23-12-18-3-2-10-27-18/h2-7,10-11H,8-9,12-14H2,1H3,(H,23,26). The van der Waals surface area contributed by atoms with Crippen LogP contribution in [0.4, 0.5) is 4.39 Å². The maximum absolute atomic E-state index is 13.1. The van der Waals surface area contributed by atoms with Gasteiger partial charge in [0, 0.05) is 38.8 Å². The van der Waals surface area contributed by atoms with Crippen LogP contribution in [0.5, 0.6) is 0 Å². The van der Waals surface area contributed by atoms with Crippen LogP contribution < -0.4 is 5.32 Å². The average Bonchev–Trinajstić information content (AvgIpc) is 3.30. The summed E-state index contributed by atoms with van der Waals surface area (Å²) in [6.07, 6.45) is 2.48. The third-order valence-electron chi connectivity index (χ3n) is 5.06. The number of halogens is 1. The Hall–Kier alpha value is -2.86. The van der Waals surface area contributed by atoms with Gasteiger partial charge in [-0.2, -0.15) is 0 Å². The molecule has 0 saturated heterocycles. The van der Waals surface area contributed by atoms with Gasteiger partial charge in [0.2, 0.25) is 0 Å². The minimum absolute atomic E-state index is 0.103. The van der Waals surface area contributed by atoms with E-state index in [2.05, 4.69) is 10.2 Å². The quantitative estimate of drug-likeness (QED) is 0.753. The number of benzene rings is 1. The number of fused-ring (bicyclic) bond motifs is 1. The molecule has 27 heavy (non-hydrogen) atoms. The smallest absolute Gasteiger partial charge is 0.268 e. The summed E-state index contributed by atoms with van der Waals surface area (Å²) < 4.78 is 20.3. The molecule has 5 nitrogen and oxygen atoms in total. The lowest BCUT2D eigenvalue weighted by molar-refractivity contribution is 0.0939. The second kappa shape index (κ2) is 7.40. The van der Waals surface area contributed by atoms with E-state index in [-0.39, 0.29) is 11.7 Å². The van der Waals surface area contributed by atoms with Crippen LogP contribution in [0, 0.1) is 5.82 Å². The molecule has 0 atom stereocenters. The van der Waals surface area contributed by atoms with E-state index >= 15 is 0 Å². The average molecular weight is 367 g/mol. The molecule has 0 fully saturated rings. The third-order valence-corrected chi connectivity index (χ3v) is 5.06. The van der Waals surface area contributed by atoms with E-state index in [4.69, 9.17) is 4.42 Å². The van der Waals surface area contributed by atoms with E-state index in [1.165, 1.54) is 23.4 Å². The minimum Gasteiger partial charge on any atom is -0.467 e. The summed E-state index contributed by atoms with van der Waals surface area (Å²) in [4.78, 5) is 14.9. The molecule has 1 N–H and O–H groups in total. The van der Waals surface area contributed by atoms with Gasteiger partial charge in [-0.3, -0.25) is 9.69 Å². The Bertz CT molecular complexity index is 929. The topological polar surface area (TPSA) is 50.4 Å². The van der Waals surface area contributed by atoms with Crippen LogP contribution in [0.15, 0.2) is 53.1 Å². The van der Waals surface area contributed by atoms with Crippen LogP contribution in [0.3, 0.4) is 0 Å². The molecular weight excluding hydrogens is 345 g/mol. The SMILES string of the molecule is Cn1c(C(=O)NCc2ccco2)cc2c1CCN(Cc1ccc(F)cc1)C2. The fourth-order valence-electron chi connectivity index (χ4n) is 3.63. The lowest BCUT2D eigenvalue weighted by Crippen LogP contribution is -2.30. The highest BCUT2D eigenvalue weighted by atomic mass is 19.1. The van der Waals surface area contributed by atoms with E-state index in [9.17, 15) is 9.18 Å². The van der Waals surface area contributed by atoms with Crippen LogP contribution in [0.25, 0.3) is 0 Å². The molecule has 6 heteroatoms. The molecule has 2 aromatic heterocycles. The maximum atomic E-state index is 13.1. The van der Waals surface area contributed by atoms with E-state index < -0.39 is 0 Å². The van der Waals surface area contributed by atoms with Crippen LogP contribution >= 0.6 is 0 Å². The second-order valence-electron chi connectivity index (χ2n) is 6.91. The highest BCUT2D eigenvalue weighted by Gasteiger charge is 2.23. The van der Waals surface area contributed by atoms with Gasteiger partial charge in [0.05, 0.1) is 12.8 Å². The summed E-state index contributed by atoms with van der Waals surface area (Å²) in [6, 6.07) is 12.3. The van der Waals surface area contributed by atoms with Gasteiger partial charge in [-0.25, -0.2) is 4.39 Å². The number of hydrogen-bond donors (Lipinski definition) is 1. The monoisotopic (exact) mass is 367 g/mol. The van der Waals surface area contributed by atoms with Crippen LogP contribution in [-0.2, 0) is 33.1 Å². The van der Waals surface area contributed by atoms with Gasteiger partial charge >= 0.3 is 0 Å². The molecule has 3 aromatic rings. The van der Waals surface area contributed by atoms with Crippen LogP contribution in [-0.4, -0.2) is 21.9 Å². The Morgan fingerprint density at radius 1 is 1.26 bits per heavy atom. The van der Waals surface area contributed by atoms with Crippen LogP contribution in [0.1, 0.15) is 33.1 Å². The largest absolute Gasteiger partial charge is 0.467 e. The molecule has 1 amide bonds. The molecule has 0 spiro atoms. The summed E-state index contributed by atoms with van der Waals surface area (Å²) in [6.45, 7) is 2.84. The second-order valence-corrected chi connectivity index (χ2v) is 6.91. The van der Waals surface area contributed by atoms with Crippen molar-refractivity contribution in [3.8, 4) is 0 Å². The van der Waals surface area contributed by atoms with Gasteiger partial charge in [-0.15, -0.1) is 0 Å². The van der Waals surface area contributed by atoms with E-state index in [0.29, 0.717) is 12.2 Å². The Kier molecular flexibility index (Phi) is 4.81. The van der Waals surface area contributed by atoms with Crippen molar-refractivity contribution in [2.45, 2.75) is 26.1 Å². The Balaban J connectivity index is 1.43. The lowest BCUT2D eigenvalue weighted by atomic mass is 10.1. The first-order chi connectivity index (χ1) is 13.1. The first-order valence-electron chi connectivity index (χ1n) is 9.05. The Morgan fingerprint density at radius 2 is 2.07 bits per heavy atom. The van der Waals surface area contributed by atoms with Gasteiger partial charge in [-0.1, -0.05) is 12.1 Å². The molecule has 0 bridgehead atoms. The molecule has 0 radical (unpaired) electrons. The predicted molar refractivity (Wildman–Crippen MR) is 99.5 cm³/mol. The van der Waals surface area contributed by atoms with Crippen LogP contribution in [0.2, 0.25) is 0 Å². The number of hydrogen-bond acceptors (Lipinski definition) is 3. The normalized spacial score (nSPS) is 14.1. The van der Waals surface area contributed by atoms with Gasteiger partial charge < -0.3 is 14.3 Å². The molecule has 3 heterocycles. The summed E-state index contributed by atoms with van der Waals surface area (Å²) >= 11 is 0. The number of nitrogens with zero attached hydrogens (tertiary/aromatic N) is 2. The molecule has 1 aliphatic heterocycles. The van der Waals surface area contributed by atoms with Crippen molar-refractivity contribution in [2.24, 2.45) is 7.05 Å². The number of carbonyl (C=O) groups excluding carboxylic acids is 1. The predicted octanol–water partition coefficient (Wildman–Crippen LogP) is 3.25. The van der Waals surface area contributed by atoms with Crippen molar-refractivity contribution in [1.29, 1.82) is 0 Å². The number of aromatic nitrogens is 1. The first kappa shape index (κ1) is 17.5. The van der Waals surface area contributed by atoms with Crippen molar-refractivity contribution >= 4 is 5.91 Å². The number of amides is 1. The van der Waals surface area contributed by atoms with Crippen molar-refractivity contribution < 1.29 is 13.6 Å². The molecule has 4 rings (SSSR count). The van der Waals surface area contributed by atoms with Gasteiger partial charge in [0.15, 0.2) is 0 Å². The van der Waals surface area contributed by atoms with Gasteiger partial charge in [0.1, 0.15) is 17.3 Å². The summed E-state index contributed by atoms with van der Waals surface area (Å²) in [5, 5.41) is 2.91. The van der Waals surface area contributed by atoms with Crippen molar-refractivity contribution in [3.63, 3.8) is 0 Å². The van der Waals surface area contributed by atoms with E-state index in [1.807, 2.05) is 35.9 Å². The van der Waals surface area contributed by atoms with Gasteiger partial charge in [0.25, 0.3) is 5.91 Å². The van der Waals surface area contributed by atoms with Crippen molar-refractivity contribution in [2.75, 3.05) is 6.54 Å².